The predicted molar refractivity (Wildman–Crippen MR) is 124 cm³/mol. The van der Waals surface area contributed by atoms with Gasteiger partial charge in [0.15, 0.2) is 0 Å². The number of methoxy groups -OCH3 is 2. The van der Waals surface area contributed by atoms with E-state index in [9.17, 15) is 9.59 Å². The molecule has 3 rings (SSSR count). The lowest BCUT2D eigenvalue weighted by Gasteiger charge is -2.37. The smallest absolute Gasteiger partial charge is 0.242 e. The largest absolute Gasteiger partial charge is 0.497 e. The molecule has 8 heteroatoms. The van der Waals surface area contributed by atoms with Crippen molar-refractivity contribution in [2.24, 2.45) is 0 Å². The summed E-state index contributed by atoms with van der Waals surface area (Å²) in [7, 11) is 3.25. The van der Waals surface area contributed by atoms with Gasteiger partial charge in [-0.1, -0.05) is 13.0 Å². The van der Waals surface area contributed by atoms with E-state index >= 15 is 0 Å². The molecule has 0 radical (unpaired) electrons. The topological polar surface area (TPSA) is 68.3 Å². The van der Waals surface area contributed by atoms with Crippen LogP contribution in [0.1, 0.15) is 36.2 Å². The Morgan fingerprint density at radius 1 is 1.22 bits per heavy atom. The Bertz CT molecular complexity index is 900. The van der Waals surface area contributed by atoms with E-state index in [0.717, 1.165) is 17.7 Å². The summed E-state index contributed by atoms with van der Waals surface area (Å²) in [6.07, 6.45) is 1.89. The lowest BCUT2D eigenvalue weighted by Crippen LogP contribution is -2.48. The molecule has 0 spiro atoms. The van der Waals surface area contributed by atoms with Gasteiger partial charge in [-0.15, -0.1) is 11.3 Å². The SMILES string of the molecule is CCC(=O)N(CCCOC)CC(=O)N1CCc2sccc2[C@@H]1COc1cccc(OC)c1. The Hall–Kier alpha value is -2.58. The van der Waals surface area contributed by atoms with E-state index in [1.807, 2.05) is 36.1 Å². The highest BCUT2D eigenvalue weighted by molar-refractivity contribution is 7.10. The molecule has 0 fully saturated rings. The summed E-state index contributed by atoms with van der Waals surface area (Å²) in [5.41, 5.74) is 1.13. The van der Waals surface area contributed by atoms with Gasteiger partial charge in [0.2, 0.25) is 11.8 Å². The minimum absolute atomic E-state index is 0.0214. The maximum atomic E-state index is 13.3. The lowest BCUT2D eigenvalue weighted by atomic mass is 10.0. The molecule has 0 bridgehead atoms. The van der Waals surface area contributed by atoms with E-state index in [4.69, 9.17) is 14.2 Å². The molecule has 0 N–H and O–H groups in total. The number of carbonyl (C=O) groups excluding carboxylic acids is 2. The minimum atomic E-state index is -0.193. The Morgan fingerprint density at radius 2 is 2.03 bits per heavy atom. The van der Waals surface area contributed by atoms with Crippen LogP contribution in [0.25, 0.3) is 0 Å². The molecule has 1 aliphatic rings. The Morgan fingerprint density at radius 3 is 2.78 bits per heavy atom. The fraction of sp³-hybridized carbons (Fsp3) is 0.500. The van der Waals surface area contributed by atoms with Gasteiger partial charge in [0.1, 0.15) is 18.1 Å². The molecule has 32 heavy (non-hydrogen) atoms. The van der Waals surface area contributed by atoms with Crippen molar-refractivity contribution in [1.82, 2.24) is 9.80 Å². The molecule has 2 heterocycles. The fourth-order valence-electron chi connectivity index (χ4n) is 3.91. The van der Waals surface area contributed by atoms with Gasteiger partial charge in [-0.2, -0.15) is 0 Å². The molecule has 1 atom stereocenters. The summed E-state index contributed by atoms with van der Waals surface area (Å²) >= 11 is 1.71. The van der Waals surface area contributed by atoms with Crippen molar-refractivity contribution in [2.45, 2.75) is 32.2 Å². The van der Waals surface area contributed by atoms with Crippen LogP contribution in [0.4, 0.5) is 0 Å². The molecule has 2 amide bonds. The molecule has 0 unspecified atom stereocenters. The molecule has 7 nitrogen and oxygen atoms in total. The first-order valence-corrected chi connectivity index (χ1v) is 11.8. The summed E-state index contributed by atoms with van der Waals surface area (Å²) in [5, 5.41) is 2.06. The summed E-state index contributed by atoms with van der Waals surface area (Å²) in [4.78, 5) is 30.6. The Balaban J connectivity index is 1.73. The highest BCUT2D eigenvalue weighted by Crippen LogP contribution is 2.34. The van der Waals surface area contributed by atoms with Crippen LogP contribution in [0.5, 0.6) is 11.5 Å². The summed E-state index contributed by atoms with van der Waals surface area (Å²) < 4.78 is 16.5. The van der Waals surface area contributed by atoms with E-state index in [1.165, 1.54) is 4.88 Å². The van der Waals surface area contributed by atoms with Crippen LogP contribution in [0.15, 0.2) is 35.7 Å². The molecule has 1 aliphatic heterocycles. The zero-order valence-corrected chi connectivity index (χ0v) is 19.9. The number of rotatable bonds is 11. The zero-order valence-electron chi connectivity index (χ0n) is 19.0. The monoisotopic (exact) mass is 460 g/mol. The third-order valence-corrected chi connectivity index (χ3v) is 6.62. The van der Waals surface area contributed by atoms with Crippen LogP contribution in [-0.4, -0.2) is 68.7 Å². The van der Waals surface area contributed by atoms with Crippen LogP contribution in [0.3, 0.4) is 0 Å². The van der Waals surface area contributed by atoms with Gasteiger partial charge in [-0.25, -0.2) is 0 Å². The van der Waals surface area contributed by atoms with E-state index in [2.05, 4.69) is 11.4 Å². The molecular weight excluding hydrogens is 428 g/mol. The van der Waals surface area contributed by atoms with Gasteiger partial charge >= 0.3 is 0 Å². The second-order valence-corrected chi connectivity index (χ2v) is 8.66. The lowest BCUT2D eigenvalue weighted by molar-refractivity contribution is -0.142. The van der Waals surface area contributed by atoms with Crippen LogP contribution in [0, 0.1) is 0 Å². The van der Waals surface area contributed by atoms with Crippen molar-refractivity contribution in [2.75, 3.05) is 47.1 Å². The minimum Gasteiger partial charge on any atom is -0.497 e. The zero-order chi connectivity index (χ0) is 22.9. The Kier molecular flexibility index (Phi) is 8.93. The summed E-state index contributed by atoms with van der Waals surface area (Å²) in [6.45, 7) is 3.92. The van der Waals surface area contributed by atoms with E-state index in [1.54, 1.807) is 30.5 Å². The number of hydrogen-bond acceptors (Lipinski definition) is 6. The standard InChI is InChI=1S/C24H32N2O5S/c1-4-23(27)25(11-6-13-29-2)16-24(28)26-12-9-22-20(10-14-32-22)21(26)17-31-19-8-5-7-18(15-19)30-3/h5,7-8,10,14-15,21H,4,6,9,11-13,16-17H2,1-3H3/t21-/m0/s1. The summed E-state index contributed by atoms with van der Waals surface area (Å²) in [6, 6.07) is 9.34. The number of benzene rings is 1. The normalized spacial score (nSPS) is 15.2. The average Bonchev–Trinajstić information content (AvgIpc) is 3.30. The number of ether oxygens (including phenoxy) is 3. The second kappa shape index (κ2) is 11.9. The van der Waals surface area contributed by atoms with Gasteiger partial charge in [-0.3, -0.25) is 9.59 Å². The highest BCUT2D eigenvalue weighted by atomic mass is 32.1. The van der Waals surface area contributed by atoms with Gasteiger partial charge in [0, 0.05) is 44.2 Å². The number of amides is 2. The number of fused-ring (bicyclic) bond motifs is 1. The number of nitrogens with zero attached hydrogens (tertiary/aromatic N) is 2. The number of carbonyl (C=O) groups is 2. The van der Waals surface area contributed by atoms with Gasteiger partial charge in [-0.05, 0) is 42.0 Å². The van der Waals surface area contributed by atoms with Crippen LogP contribution < -0.4 is 9.47 Å². The second-order valence-electron chi connectivity index (χ2n) is 7.66. The van der Waals surface area contributed by atoms with Gasteiger partial charge < -0.3 is 24.0 Å². The first kappa shape index (κ1) is 24.1. The van der Waals surface area contributed by atoms with Crippen LogP contribution >= 0.6 is 11.3 Å². The molecule has 1 aromatic carbocycles. The molecule has 0 saturated carbocycles. The number of hydrogen-bond donors (Lipinski definition) is 0. The van der Waals surface area contributed by atoms with E-state index in [0.29, 0.717) is 44.9 Å². The maximum absolute atomic E-state index is 13.3. The molecule has 0 saturated heterocycles. The van der Waals surface area contributed by atoms with Crippen LogP contribution in [-0.2, 0) is 20.7 Å². The average molecular weight is 461 g/mol. The molecular formula is C24H32N2O5S. The maximum Gasteiger partial charge on any atom is 0.242 e. The van der Waals surface area contributed by atoms with E-state index < -0.39 is 0 Å². The Labute approximate surface area is 193 Å². The van der Waals surface area contributed by atoms with Crippen molar-refractivity contribution >= 4 is 23.2 Å². The highest BCUT2D eigenvalue weighted by Gasteiger charge is 2.33. The van der Waals surface area contributed by atoms with Crippen molar-refractivity contribution < 1.29 is 23.8 Å². The molecule has 2 aromatic rings. The van der Waals surface area contributed by atoms with Crippen molar-refractivity contribution in [1.29, 1.82) is 0 Å². The third kappa shape index (κ3) is 6.01. The predicted octanol–water partition coefficient (Wildman–Crippen LogP) is 3.54. The van der Waals surface area contributed by atoms with E-state index in [-0.39, 0.29) is 24.4 Å². The first-order valence-electron chi connectivity index (χ1n) is 11.0. The van der Waals surface area contributed by atoms with Crippen molar-refractivity contribution in [3.8, 4) is 11.5 Å². The van der Waals surface area contributed by atoms with Crippen molar-refractivity contribution in [3.63, 3.8) is 0 Å². The van der Waals surface area contributed by atoms with Crippen LogP contribution in [0.2, 0.25) is 0 Å². The fourth-order valence-corrected chi connectivity index (χ4v) is 4.84. The quantitative estimate of drug-likeness (QED) is 0.480. The molecule has 0 aliphatic carbocycles. The van der Waals surface area contributed by atoms with Crippen molar-refractivity contribution in [3.05, 3.63) is 46.2 Å². The molecule has 1 aromatic heterocycles. The van der Waals surface area contributed by atoms with Gasteiger partial charge in [0.05, 0.1) is 19.7 Å². The number of thiophene rings is 1. The summed E-state index contributed by atoms with van der Waals surface area (Å²) in [5.74, 6) is 1.34. The van der Waals surface area contributed by atoms with Gasteiger partial charge in [0.25, 0.3) is 0 Å². The molecule has 174 valence electrons. The first-order chi connectivity index (χ1) is 15.6. The third-order valence-electron chi connectivity index (χ3n) is 5.62.